The molecule has 2 rings (SSSR count). The van der Waals surface area contributed by atoms with Crippen molar-refractivity contribution in [1.29, 1.82) is 0 Å². The smallest absolute Gasteiger partial charge is 0.411 e. The SMILES string of the molecule is COC(=O)Nc1cccc(-c2ccc(NC(=O)O)cc2C)c1. The van der Waals surface area contributed by atoms with Gasteiger partial charge in [-0.25, -0.2) is 9.59 Å². The van der Waals surface area contributed by atoms with Gasteiger partial charge in [-0.15, -0.1) is 0 Å². The molecule has 0 saturated heterocycles. The van der Waals surface area contributed by atoms with Crippen LogP contribution in [0.2, 0.25) is 0 Å². The van der Waals surface area contributed by atoms with E-state index in [0.29, 0.717) is 11.4 Å². The summed E-state index contributed by atoms with van der Waals surface area (Å²) in [4.78, 5) is 21.9. The third-order valence-corrected chi connectivity index (χ3v) is 3.08. The molecule has 0 aliphatic rings. The minimum Gasteiger partial charge on any atom is -0.465 e. The number of amides is 2. The number of nitrogens with one attached hydrogen (secondary N) is 2. The standard InChI is InChI=1S/C16H16N2O4/c1-10-8-13(17-15(19)20)6-7-14(10)11-4-3-5-12(9-11)18-16(21)22-2/h3-9,17H,1-2H3,(H,18,21)(H,19,20). The summed E-state index contributed by atoms with van der Waals surface area (Å²) in [6.07, 6.45) is -1.63. The van der Waals surface area contributed by atoms with Crippen LogP contribution in [0.25, 0.3) is 11.1 Å². The summed E-state index contributed by atoms with van der Waals surface area (Å²) < 4.78 is 4.56. The van der Waals surface area contributed by atoms with Crippen LogP contribution in [0.1, 0.15) is 5.56 Å². The first-order valence-corrected chi connectivity index (χ1v) is 6.55. The van der Waals surface area contributed by atoms with E-state index in [-0.39, 0.29) is 0 Å². The van der Waals surface area contributed by atoms with Gasteiger partial charge in [0.1, 0.15) is 0 Å². The number of aryl methyl sites for hydroxylation is 1. The van der Waals surface area contributed by atoms with E-state index in [1.165, 1.54) is 7.11 Å². The van der Waals surface area contributed by atoms with Crippen molar-refractivity contribution in [3.05, 3.63) is 48.0 Å². The Hall–Kier alpha value is -3.02. The fourth-order valence-corrected chi connectivity index (χ4v) is 2.12. The molecule has 6 nitrogen and oxygen atoms in total. The molecule has 3 N–H and O–H groups in total. The van der Waals surface area contributed by atoms with E-state index in [4.69, 9.17) is 5.11 Å². The first-order valence-electron chi connectivity index (χ1n) is 6.55. The van der Waals surface area contributed by atoms with Gasteiger partial charge < -0.3 is 9.84 Å². The number of hydrogen-bond acceptors (Lipinski definition) is 3. The fourth-order valence-electron chi connectivity index (χ4n) is 2.12. The summed E-state index contributed by atoms with van der Waals surface area (Å²) in [6, 6.07) is 12.6. The molecule has 0 fully saturated rings. The van der Waals surface area contributed by atoms with Crippen LogP contribution in [0.3, 0.4) is 0 Å². The molecule has 0 saturated carbocycles. The highest BCUT2D eigenvalue weighted by Crippen LogP contribution is 2.28. The predicted octanol–water partition coefficient (Wildman–Crippen LogP) is 3.93. The molecule has 0 aliphatic heterocycles. The summed E-state index contributed by atoms with van der Waals surface area (Å²) in [7, 11) is 1.30. The number of carbonyl (C=O) groups is 2. The Morgan fingerprint density at radius 2 is 1.77 bits per heavy atom. The van der Waals surface area contributed by atoms with Crippen LogP contribution < -0.4 is 10.6 Å². The van der Waals surface area contributed by atoms with Gasteiger partial charge in [-0.2, -0.15) is 0 Å². The largest absolute Gasteiger partial charge is 0.465 e. The van der Waals surface area contributed by atoms with Gasteiger partial charge in [0.2, 0.25) is 0 Å². The van der Waals surface area contributed by atoms with Crippen LogP contribution in [0.4, 0.5) is 21.0 Å². The summed E-state index contributed by atoms with van der Waals surface area (Å²) in [5.41, 5.74) is 3.91. The van der Waals surface area contributed by atoms with Crippen LogP contribution in [0, 0.1) is 6.92 Å². The molecule has 6 heteroatoms. The van der Waals surface area contributed by atoms with E-state index in [0.717, 1.165) is 16.7 Å². The number of methoxy groups -OCH3 is 1. The molecular weight excluding hydrogens is 284 g/mol. The zero-order chi connectivity index (χ0) is 16.1. The second-order valence-corrected chi connectivity index (χ2v) is 4.66. The molecule has 0 radical (unpaired) electrons. The second-order valence-electron chi connectivity index (χ2n) is 4.66. The molecule has 0 spiro atoms. The zero-order valence-electron chi connectivity index (χ0n) is 12.2. The third kappa shape index (κ3) is 3.76. The normalized spacial score (nSPS) is 9.91. The van der Waals surface area contributed by atoms with Gasteiger partial charge >= 0.3 is 12.2 Å². The van der Waals surface area contributed by atoms with E-state index < -0.39 is 12.2 Å². The number of ether oxygens (including phenoxy) is 1. The molecule has 0 unspecified atom stereocenters. The second kappa shape index (κ2) is 6.62. The topological polar surface area (TPSA) is 87.7 Å². The number of carbonyl (C=O) groups excluding carboxylic acids is 1. The highest BCUT2D eigenvalue weighted by molar-refractivity contribution is 5.87. The molecule has 0 bridgehead atoms. The number of carboxylic acid groups (broad SMARTS) is 1. The van der Waals surface area contributed by atoms with E-state index in [1.54, 1.807) is 18.2 Å². The minimum absolute atomic E-state index is 0.512. The minimum atomic E-state index is -1.10. The Labute approximate surface area is 127 Å². The van der Waals surface area contributed by atoms with Crippen molar-refractivity contribution in [2.45, 2.75) is 6.92 Å². The van der Waals surface area contributed by atoms with E-state index in [2.05, 4.69) is 15.4 Å². The maximum Gasteiger partial charge on any atom is 0.411 e. The van der Waals surface area contributed by atoms with Gasteiger partial charge in [-0.05, 0) is 47.9 Å². The molecule has 0 aliphatic carbocycles. The van der Waals surface area contributed by atoms with E-state index in [1.807, 2.05) is 31.2 Å². The van der Waals surface area contributed by atoms with Crippen molar-refractivity contribution in [2.24, 2.45) is 0 Å². The molecule has 0 aromatic heterocycles. The molecule has 0 atom stereocenters. The Kier molecular flexibility index (Phi) is 4.63. The van der Waals surface area contributed by atoms with E-state index >= 15 is 0 Å². The Morgan fingerprint density at radius 1 is 1.05 bits per heavy atom. The predicted molar refractivity (Wildman–Crippen MR) is 84.3 cm³/mol. The van der Waals surface area contributed by atoms with Gasteiger partial charge in [0.05, 0.1) is 7.11 Å². The number of benzene rings is 2. The van der Waals surface area contributed by atoms with Crippen LogP contribution in [-0.2, 0) is 4.74 Å². The van der Waals surface area contributed by atoms with Gasteiger partial charge in [-0.3, -0.25) is 10.6 Å². The Morgan fingerprint density at radius 3 is 2.41 bits per heavy atom. The highest BCUT2D eigenvalue weighted by Gasteiger charge is 2.07. The maximum absolute atomic E-state index is 11.2. The fraction of sp³-hybridized carbons (Fsp3) is 0.125. The zero-order valence-corrected chi connectivity index (χ0v) is 12.2. The number of rotatable bonds is 3. The van der Waals surface area contributed by atoms with Crippen LogP contribution >= 0.6 is 0 Å². The van der Waals surface area contributed by atoms with Crippen LogP contribution in [0.5, 0.6) is 0 Å². The molecule has 2 amide bonds. The summed E-state index contributed by atoms with van der Waals surface area (Å²) in [5, 5.41) is 13.6. The van der Waals surface area contributed by atoms with Gasteiger partial charge in [0.25, 0.3) is 0 Å². The van der Waals surface area contributed by atoms with Crippen molar-refractivity contribution in [1.82, 2.24) is 0 Å². The van der Waals surface area contributed by atoms with Crippen molar-refractivity contribution in [3.8, 4) is 11.1 Å². The lowest BCUT2D eigenvalue weighted by Gasteiger charge is -2.10. The average Bonchev–Trinajstić information content (AvgIpc) is 2.47. The Balaban J connectivity index is 2.29. The van der Waals surface area contributed by atoms with Gasteiger partial charge in [-0.1, -0.05) is 18.2 Å². The molecular formula is C16H16N2O4. The van der Waals surface area contributed by atoms with Gasteiger partial charge in [0, 0.05) is 11.4 Å². The first kappa shape index (κ1) is 15.4. The lowest BCUT2D eigenvalue weighted by molar-refractivity contribution is 0.187. The average molecular weight is 300 g/mol. The third-order valence-electron chi connectivity index (χ3n) is 3.08. The summed E-state index contributed by atoms with van der Waals surface area (Å²) >= 11 is 0. The summed E-state index contributed by atoms with van der Waals surface area (Å²) in [5.74, 6) is 0. The molecule has 22 heavy (non-hydrogen) atoms. The van der Waals surface area contributed by atoms with Crippen LogP contribution in [-0.4, -0.2) is 24.4 Å². The highest BCUT2D eigenvalue weighted by atomic mass is 16.5. The molecule has 114 valence electrons. The Bertz CT molecular complexity index is 713. The van der Waals surface area contributed by atoms with Crippen molar-refractivity contribution in [2.75, 3.05) is 17.7 Å². The number of anilines is 2. The first-order chi connectivity index (χ1) is 10.5. The number of hydrogen-bond donors (Lipinski definition) is 3. The molecule has 0 heterocycles. The summed E-state index contributed by atoms with van der Waals surface area (Å²) in [6.45, 7) is 1.89. The lowest BCUT2D eigenvalue weighted by Crippen LogP contribution is -2.10. The van der Waals surface area contributed by atoms with Gasteiger partial charge in [0.15, 0.2) is 0 Å². The van der Waals surface area contributed by atoms with Crippen LogP contribution in [0.15, 0.2) is 42.5 Å². The van der Waals surface area contributed by atoms with Crippen molar-refractivity contribution < 1.29 is 19.4 Å². The van der Waals surface area contributed by atoms with E-state index in [9.17, 15) is 9.59 Å². The van der Waals surface area contributed by atoms with Crippen molar-refractivity contribution >= 4 is 23.6 Å². The quantitative estimate of drug-likeness (QED) is 0.801. The maximum atomic E-state index is 11.2. The van der Waals surface area contributed by atoms with Crippen molar-refractivity contribution in [3.63, 3.8) is 0 Å². The monoisotopic (exact) mass is 300 g/mol. The lowest BCUT2D eigenvalue weighted by atomic mass is 9.99. The molecule has 2 aromatic carbocycles. The molecule has 2 aromatic rings.